The number of carbonyl (C=O) groups is 2. The van der Waals surface area contributed by atoms with Gasteiger partial charge < -0.3 is 0 Å². The van der Waals surface area contributed by atoms with Gasteiger partial charge in [-0.15, -0.1) is 0 Å². The van der Waals surface area contributed by atoms with Crippen molar-refractivity contribution in [1.82, 2.24) is 48.2 Å². The molecule has 6 aromatic heterocycles. The Morgan fingerprint density at radius 1 is 0.245 bits per heavy atom. The quantitative estimate of drug-likeness (QED) is 0.117. The predicted octanol–water partition coefficient (Wildman–Crippen LogP) is 20.5. The van der Waals surface area contributed by atoms with Crippen molar-refractivity contribution in [2.75, 3.05) is 0 Å². The Labute approximate surface area is 605 Å². The molecule has 0 saturated carbocycles. The molecule has 0 bridgehead atoms. The molecule has 1 atom stereocenters. The van der Waals surface area contributed by atoms with Gasteiger partial charge in [0.25, 0.3) is 5.78 Å². The minimum Gasteiger partial charge on any atom is -0.289 e. The van der Waals surface area contributed by atoms with Gasteiger partial charge in [-0.3, -0.25) is 27.9 Å². The van der Waals surface area contributed by atoms with Crippen LogP contribution in [0.2, 0.25) is 0 Å². The van der Waals surface area contributed by atoms with E-state index >= 15 is 9.59 Å². The van der Waals surface area contributed by atoms with Gasteiger partial charge in [0.15, 0.2) is 5.78 Å². The van der Waals surface area contributed by atoms with Crippen molar-refractivity contribution in [3.63, 3.8) is 0 Å². The number of ketones is 2. The minimum absolute atomic E-state index is 0.0694. The van der Waals surface area contributed by atoms with Crippen molar-refractivity contribution in [2.45, 2.75) is 11.8 Å². The van der Waals surface area contributed by atoms with E-state index in [9.17, 15) is 0 Å². The molecular weight excluding hydrogens is 1300 g/mol. The molecule has 0 N–H and O–H groups in total. The Kier molecular flexibility index (Phi) is 12.8. The SMILES string of the molecule is O=C(c1cccc(-c2ccc3c(c2)c2ccccc2n3-c2nc(C(=O)c3nc(-n4c5ccccc5c5ccccc54)nc(-n4c5ccccc5c5ccccc54)n3)nc(-n3c4ccccc4c4ccccc43)n2)c1)c1ccc2c(c1)C1(c3ccccc3-c3ccc(Cc4ccccc4)cc31)c1ccccc1-2. The van der Waals surface area contributed by atoms with E-state index in [2.05, 4.69) is 176 Å². The zero-order valence-electron chi connectivity index (χ0n) is 56.7. The van der Waals surface area contributed by atoms with Gasteiger partial charge in [-0.1, -0.05) is 261 Å². The average molecular weight is 1360 g/mol. The summed E-state index contributed by atoms with van der Waals surface area (Å²) < 4.78 is 8.02. The van der Waals surface area contributed by atoms with E-state index in [1.165, 1.54) is 44.5 Å². The van der Waals surface area contributed by atoms with Gasteiger partial charge in [-0.05, 0) is 140 Å². The maximum Gasteiger partial charge on any atom is 0.267 e. The number of para-hydroxylation sites is 7. The standard InChI is InChI=1S/C94H56N10O2/c105-86(61-46-49-65-63-28-5-14-37-75(63)94(77(65)55-61)74-36-13-4-27-62(74)64-48-45-57(52-76(64)94)51-56-23-2-1-3-24-56)60-26-22-25-58(53-60)59-47-50-85-73(54-59)72-35-12-21-44-84(72)104(85)93-98-89(97-92(100-93)103-82-42-19-10-33-70(82)71-34-11-20-43-83(71)103)87(106)88-95-90(101-78-38-15-6-29-66(78)67-30-7-16-39-79(67)101)99-91(96-88)102-80-40-17-8-31-68(80)69-32-9-18-41-81(69)102/h1-50,52-55H,51H2. The van der Waals surface area contributed by atoms with Crippen LogP contribution >= 0.6 is 0 Å². The van der Waals surface area contributed by atoms with Crippen LogP contribution in [0.1, 0.15) is 65.7 Å². The van der Waals surface area contributed by atoms with Crippen molar-refractivity contribution < 1.29 is 9.59 Å². The largest absolute Gasteiger partial charge is 0.289 e. The molecule has 0 radical (unpaired) electrons. The van der Waals surface area contributed by atoms with Crippen molar-refractivity contribution in [3.05, 3.63) is 384 Å². The molecule has 1 unspecified atom stereocenters. The highest BCUT2D eigenvalue weighted by atomic mass is 16.1. The fraction of sp³-hybridized carbons (Fsp3) is 0.0213. The molecule has 0 amide bonds. The molecule has 12 nitrogen and oxygen atoms in total. The van der Waals surface area contributed by atoms with E-state index < -0.39 is 11.2 Å². The van der Waals surface area contributed by atoms with Crippen LogP contribution in [0.15, 0.2) is 328 Å². The molecule has 0 aliphatic heterocycles. The first kappa shape index (κ1) is 59.3. The topological polar surface area (TPSA) is 131 Å². The Hall–Kier alpha value is -14.4. The summed E-state index contributed by atoms with van der Waals surface area (Å²) >= 11 is 0. The zero-order valence-corrected chi connectivity index (χ0v) is 56.7. The Bertz CT molecular complexity index is 6900. The number of hydrogen-bond acceptors (Lipinski definition) is 8. The fourth-order valence-corrected chi connectivity index (χ4v) is 17.5. The summed E-state index contributed by atoms with van der Waals surface area (Å²) in [4.78, 5) is 63.5. The van der Waals surface area contributed by atoms with Crippen LogP contribution < -0.4 is 0 Å². The van der Waals surface area contributed by atoms with Crippen molar-refractivity contribution in [1.29, 1.82) is 0 Å². The maximum absolute atomic E-state index is 16.4. The van der Waals surface area contributed by atoms with Crippen LogP contribution in [-0.2, 0) is 11.8 Å². The molecular formula is C94H56N10O2. The lowest BCUT2D eigenvalue weighted by molar-refractivity contribution is 0.101. The summed E-state index contributed by atoms with van der Waals surface area (Å²) in [7, 11) is 0. The van der Waals surface area contributed by atoms with Gasteiger partial charge in [0, 0.05) is 54.2 Å². The van der Waals surface area contributed by atoms with Crippen molar-refractivity contribution in [2.24, 2.45) is 0 Å². The molecule has 14 aromatic carbocycles. The highest BCUT2D eigenvalue weighted by molar-refractivity contribution is 6.15. The van der Waals surface area contributed by atoms with E-state index in [-0.39, 0.29) is 41.2 Å². The van der Waals surface area contributed by atoms with Crippen molar-refractivity contribution >= 4 is 98.8 Å². The fourth-order valence-electron chi connectivity index (χ4n) is 17.5. The molecule has 22 rings (SSSR count). The van der Waals surface area contributed by atoms with Crippen LogP contribution in [0.25, 0.3) is 144 Å². The molecule has 1 spiro atoms. The average Bonchev–Trinajstić information content (AvgIpc) is 1.51. The van der Waals surface area contributed by atoms with E-state index in [1.54, 1.807) is 0 Å². The molecule has 2 aliphatic rings. The normalized spacial score (nSPS) is 13.6. The number of hydrogen-bond donors (Lipinski definition) is 0. The van der Waals surface area contributed by atoms with Gasteiger partial charge >= 0.3 is 0 Å². The number of aromatic nitrogens is 10. The molecule has 0 fully saturated rings. The molecule has 494 valence electrons. The molecule has 12 heteroatoms. The van der Waals surface area contributed by atoms with E-state index in [0.29, 0.717) is 11.1 Å². The summed E-state index contributed by atoms with van der Waals surface area (Å²) in [6.07, 6.45) is 0.803. The highest BCUT2D eigenvalue weighted by Crippen LogP contribution is 2.63. The number of nitrogens with zero attached hydrogens (tertiary/aromatic N) is 10. The summed E-state index contributed by atoms with van der Waals surface area (Å²) in [6.45, 7) is 0. The Balaban J connectivity index is 0.691. The predicted molar refractivity (Wildman–Crippen MR) is 421 cm³/mol. The van der Waals surface area contributed by atoms with E-state index in [1.807, 2.05) is 170 Å². The first-order valence-corrected chi connectivity index (χ1v) is 35.6. The smallest absolute Gasteiger partial charge is 0.267 e. The van der Waals surface area contributed by atoms with E-state index in [0.717, 1.165) is 116 Å². The number of rotatable bonds is 11. The number of fused-ring (bicyclic) bond motifs is 22. The van der Waals surface area contributed by atoms with Gasteiger partial charge in [-0.2, -0.15) is 29.9 Å². The Morgan fingerprint density at radius 2 is 0.604 bits per heavy atom. The second kappa shape index (κ2) is 22.8. The van der Waals surface area contributed by atoms with Crippen LogP contribution in [0.5, 0.6) is 0 Å². The summed E-state index contributed by atoms with van der Waals surface area (Å²) in [5.41, 5.74) is 21.1. The monoisotopic (exact) mass is 1360 g/mol. The van der Waals surface area contributed by atoms with Crippen molar-refractivity contribution in [3.8, 4) is 57.2 Å². The molecule has 106 heavy (non-hydrogen) atoms. The van der Waals surface area contributed by atoms with Gasteiger partial charge in [-0.25, -0.2) is 0 Å². The van der Waals surface area contributed by atoms with Crippen LogP contribution in [0, 0.1) is 0 Å². The molecule has 6 heterocycles. The lowest BCUT2D eigenvalue weighted by Crippen LogP contribution is -2.26. The first-order chi connectivity index (χ1) is 52.4. The van der Waals surface area contributed by atoms with Crippen LogP contribution in [0.3, 0.4) is 0 Å². The molecule has 20 aromatic rings. The summed E-state index contributed by atoms with van der Waals surface area (Å²) in [5, 5.41) is 7.85. The zero-order chi connectivity index (χ0) is 69.9. The number of benzene rings is 14. The third-order valence-electron chi connectivity index (χ3n) is 22.0. The van der Waals surface area contributed by atoms with Crippen LogP contribution in [-0.4, -0.2) is 59.7 Å². The highest BCUT2D eigenvalue weighted by Gasteiger charge is 2.52. The third-order valence-corrected chi connectivity index (χ3v) is 22.0. The number of carbonyl (C=O) groups excluding carboxylic acids is 2. The Morgan fingerprint density at radius 3 is 1.07 bits per heavy atom. The summed E-state index contributed by atoms with van der Waals surface area (Å²) in [5.74, 6) is -0.119. The first-order valence-electron chi connectivity index (χ1n) is 35.6. The molecule has 0 saturated heterocycles. The van der Waals surface area contributed by atoms with Crippen LogP contribution in [0.4, 0.5) is 0 Å². The van der Waals surface area contributed by atoms with Gasteiger partial charge in [0.05, 0.1) is 49.5 Å². The lowest BCUT2D eigenvalue weighted by Gasteiger charge is -2.31. The third kappa shape index (κ3) is 8.63. The summed E-state index contributed by atoms with van der Waals surface area (Å²) in [6, 6.07) is 113. The second-order valence-corrected chi connectivity index (χ2v) is 27.6. The lowest BCUT2D eigenvalue weighted by atomic mass is 9.70. The second-order valence-electron chi connectivity index (χ2n) is 27.6. The molecule has 2 aliphatic carbocycles. The van der Waals surface area contributed by atoms with Gasteiger partial charge in [0.1, 0.15) is 0 Å². The van der Waals surface area contributed by atoms with Gasteiger partial charge in [0.2, 0.25) is 35.4 Å². The maximum atomic E-state index is 16.4. The minimum atomic E-state index is -0.644. The van der Waals surface area contributed by atoms with E-state index in [4.69, 9.17) is 29.9 Å².